The van der Waals surface area contributed by atoms with E-state index in [0.29, 0.717) is 30.8 Å². The lowest BCUT2D eigenvalue weighted by Crippen LogP contribution is -2.67. The third-order valence-electron chi connectivity index (χ3n) is 5.08. The molecule has 0 fully saturated rings. The van der Waals surface area contributed by atoms with Gasteiger partial charge >= 0.3 is 0 Å². The van der Waals surface area contributed by atoms with E-state index < -0.39 is 11.5 Å². The summed E-state index contributed by atoms with van der Waals surface area (Å²) >= 11 is 3.45. The van der Waals surface area contributed by atoms with Crippen molar-refractivity contribution in [2.45, 2.75) is 52.1 Å². The van der Waals surface area contributed by atoms with Gasteiger partial charge in [-0.15, -0.1) is 0 Å². The maximum Gasteiger partial charge on any atom is 0.168 e. The maximum atomic E-state index is 12.8. The van der Waals surface area contributed by atoms with Gasteiger partial charge in [-0.2, -0.15) is 0 Å². The first-order valence-corrected chi connectivity index (χ1v) is 9.19. The van der Waals surface area contributed by atoms with Crippen LogP contribution in [0.4, 0.5) is 5.69 Å². The molecule has 2 rings (SSSR count). The predicted molar refractivity (Wildman–Crippen MR) is 96.2 cm³/mol. The summed E-state index contributed by atoms with van der Waals surface area (Å²) in [5.74, 6) is -1.38. The monoisotopic (exact) mass is 395 g/mol. The normalized spacial score (nSPS) is 21.3. The Bertz CT molecular complexity index is 658. The Kier molecular flexibility index (Phi) is 5.71. The summed E-state index contributed by atoms with van der Waals surface area (Å²) in [6.45, 7) is 9.18. The number of rotatable bonds is 6. The molecule has 1 aliphatic rings. The largest absolute Gasteiger partial charge is 0.547 e. The average molecular weight is 396 g/mol. The molecule has 1 aliphatic heterocycles. The molecule has 0 radical (unpaired) electrons. The zero-order valence-electron chi connectivity index (χ0n) is 14.6. The second-order valence-electron chi connectivity index (χ2n) is 6.22. The van der Waals surface area contributed by atoms with Crippen molar-refractivity contribution >= 4 is 33.4 Å². The van der Waals surface area contributed by atoms with E-state index in [9.17, 15) is 14.7 Å². The molecule has 0 spiro atoms. The summed E-state index contributed by atoms with van der Waals surface area (Å²) in [6.07, 6.45) is 0.605. The molecule has 2 atom stereocenters. The fraction of sp³-hybridized carbons (Fsp3) is 0.556. The van der Waals surface area contributed by atoms with E-state index in [1.807, 2.05) is 38.7 Å². The van der Waals surface area contributed by atoms with Crippen LogP contribution in [0.1, 0.15) is 50.0 Å². The highest BCUT2D eigenvalue weighted by Gasteiger charge is 2.46. The van der Waals surface area contributed by atoms with Gasteiger partial charge in [0.2, 0.25) is 0 Å². The lowest BCUT2D eigenvalue weighted by molar-refractivity contribution is -0.313. The van der Waals surface area contributed by atoms with Crippen molar-refractivity contribution in [3.8, 4) is 0 Å². The number of Topliss-reactive ketones (excluding diaryl/α,β-unsaturated/α-hetero) is 1. The average Bonchev–Trinajstić information content (AvgIpc) is 2.54. The number of benzene rings is 1. The van der Waals surface area contributed by atoms with E-state index in [2.05, 4.69) is 21.2 Å². The van der Waals surface area contributed by atoms with Gasteiger partial charge in [-0.05, 0) is 44.1 Å². The SMILES string of the molecule is CCc1cc(Br)cc2c1C(=O)CC(C(=O)[O-])(C(C)N(CC)CC)N2. The van der Waals surface area contributed by atoms with Crippen LogP contribution in [0.5, 0.6) is 0 Å². The minimum absolute atomic E-state index is 0.103. The van der Waals surface area contributed by atoms with Crippen molar-refractivity contribution in [1.29, 1.82) is 0 Å². The second-order valence-corrected chi connectivity index (χ2v) is 7.14. The molecule has 6 heteroatoms. The van der Waals surface area contributed by atoms with Crippen molar-refractivity contribution in [3.05, 3.63) is 27.7 Å². The van der Waals surface area contributed by atoms with Crippen LogP contribution in [0.3, 0.4) is 0 Å². The number of nitrogens with zero attached hydrogens (tertiary/aromatic N) is 1. The molecule has 0 amide bonds. The number of carbonyl (C=O) groups excluding carboxylic acids is 2. The lowest BCUT2D eigenvalue weighted by atomic mass is 9.78. The number of anilines is 1. The van der Waals surface area contributed by atoms with Crippen LogP contribution in [0.25, 0.3) is 0 Å². The van der Waals surface area contributed by atoms with Gasteiger partial charge in [0.15, 0.2) is 5.78 Å². The van der Waals surface area contributed by atoms with Crippen LogP contribution in [0, 0.1) is 0 Å². The number of carbonyl (C=O) groups is 2. The number of fused-ring (bicyclic) bond motifs is 1. The van der Waals surface area contributed by atoms with Crippen LogP contribution < -0.4 is 10.4 Å². The third kappa shape index (κ3) is 3.09. The Hall–Kier alpha value is -1.40. The van der Waals surface area contributed by atoms with E-state index >= 15 is 0 Å². The molecule has 5 nitrogen and oxygen atoms in total. The molecule has 0 saturated heterocycles. The summed E-state index contributed by atoms with van der Waals surface area (Å²) in [4.78, 5) is 26.9. The number of halogens is 1. The molecule has 2 unspecified atom stereocenters. The fourth-order valence-electron chi connectivity index (χ4n) is 3.63. The Morgan fingerprint density at radius 3 is 2.50 bits per heavy atom. The van der Waals surface area contributed by atoms with Crippen LogP contribution in [-0.2, 0) is 11.2 Å². The van der Waals surface area contributed by atoms with E-state index in [-0.39, 0.29) is 18.2 Å². The highest BCUT2D eigenvalue weighted by atomic mass is 79.9. The molecular weight excluding hydrogens is 372 g/mol. The minimum Gasteiger partial charge on any atom is -0.547 e. The molecule has 132 valence electrons. The number of nitrogens with one attached hydrogen (secondary N) is 1. The first-order valence-electron chi connectivity index (χ1n) is 8.39. The molecule has 0 aromatic heterocycles. The standard InChI is InChI=1S/C18H25BrN2O3/c1-5-12-8-13(19)9-14-16(12)15(22)10-18(20-14,17(23)24)11(4)21(6-2)7-3/h8-9,11,20H,5-7,10H2,1-4H3,(H,23,24)/p-1. The van der Waals surface area contributed by atoms with Crippen molar-refractivity contribution < 1.29 is 14.7 Å². The molecule has 1 aromatic carbocycles. The highest BCUT2D eigenvalue weighted by molar-refractivity contribution is 9.10. The first kappa shape index (κ1) is 18.9. The van der Waals surface area contributed by atoms with E-state index in [0.717, 1.165) is 10.0 Å². The summed E-state index contributed by atoms with van der Waals surface area (Å²) in [5, 5.41) is 15.2. The molecular formula is C18H24BrN2O3-. The zero-order chi connectivity index (χ0) is 18.1. The van der Waals surface area contributed by atoms with Gasteiger partial charge in [-0.25, -0.2) is 0 Å². The van der Waals surface area contributed by atoms with Crippen molar-refractivity contribution in [1.82, 2.24) is 4.90 Å². The van der Waals surface area contributed by atoms with E-state index in [1.54, 1.807) is 6.07 Å². The number of carboxylic acids is 1. The number of hydrogen-bond acceptors (Lipinski definition) is 5. The van der Waals surface area contributed by atoms with Crippen LogP contribution in [-0.4, -0.2) is 41.3 Å². The van der Waals surface area contributed by atoms with Gasteiger partial charge in [-0.1, -0.05) is 36.7 Å². The van der Waals surface area contributed by atoms with Gasteiger partial charge < -0.3 is 15.2 Å². The van der Waals surface area contributed by atoms with E-state index in [1.165, 1.54) is 0 Å². The maximum absolute atomic E-state index is 12.8. The van der Waals surface area contributed by atoms with Gasteiger partial charge in [0, 0.05) is 28.2 Å². The summed E-state index contributed by atoms with van der Waals surface area (Å²) in [6, 6.07) is 3.31. The molecule has 1 aromatic rings. The van der Waals surface area contributed by atoms with Gasteiger partial charge in [0.1, 0.15) is 0 Å². The highest BCUT2D eigenvalue weighted by Crippen LogP contribution is 2.38. The van der Waals surface area contributed by atoms with Crippen LogP contribution in [0.15, 0.2) is 16.6 Å². The first-order chi connectivity index (χ1) is 11.3. The van der Waals surface area contributed by atoms with Crippen molar-refractivity contribution in [2.24, 2.45) is 0 Å². The zero-order valence-corrected chi connectivity index (χ0v) is 16.2. The Morgan fingerprint density at radius 2 is 2.00 bits per heavy atom. The quantitative estimate of drug-likeness (QED) is 0.799. The number of likely N-dealkylation sites (N-methyl/N-ethyl adjacent to an activating group) is 1. The molecule has 0 bridgehead atoms. The number of aryl methyl sites for hydroxylation is 1. The predicted octanol–water partition coefficient (Wildman–Crippen LogP) is 2.23. The topological polar surface area (TPSA) is 72.5 Å². The number of ketones is 1. The number of aliphatic carboxylic acids is 1. The minimum atomic E-state index is -1.43. The summed E-state index contributed by atoms with van der Waals surface area (Å²) in [5.41, 5.74) is 0.659. The van der Waals surface area contributed by atoms with Crippen LogP contribution >= 0.6 is 15.9 Å². The van der Waals surface area contributed by atoms with Crippen LogP contribution in [0.2, 0.25) is 0 Å². The molecule has 0 saturated carbocycles. The van der Waals surface area contributed by atoms with Crippen molar-refractivity contribution in [3.63, 3.8) is 0 Å². The summed E-state index contributed by atoms with van der Waals surface area (Å²) in [7, 11) is 0. The van der Waals surface area contributed by atoms with E-state index in [4.69, 9.17) is 0 Å². The molecule has 0 aliphatic carbocycles. The van der Waals surface area contributed by atoms with Gasteiger partial charge in [0.25, 0.3) is 0 Å². The number of hydrogen-bond donors (Lipinski definition) is 1. The molecule has 1 N–H and O–H groups in total. The number of carboxylic acid groups (broad SMARTS) is 1. The Labute approximate surface area is 151 Å². The van der Waals surface area contributed by atoms with Gasteiger partial charge in [-0.3, -0.25) is 9.69 Å². The Balaban J connectivity index is 2.57. The second kappa shape index (κ2) is 7.23. The Morgan fingerprint density at radius 1 is 1.38 bits per heavy atom. The smallest absolute Gasteiger partial charge is 0.168 e. The lowest BCUT2D eigenvalue weighted by Gasteiger charge is -2.48. The fourth-order valence-corrected chi connectivity index (χ4v) is 4.13. The molecule has 1 heterocycles. The molecule has 24 heavy (non-hydrogen) atoms. The summed E-state index contributed by atoms with van der Waals surface area (Å²) < 4.78 is 0.822. The third-order valence-corrected chi connectivity index (χ3v) is 5.54. The van der Waals surface area contributed by atoms with Crippen molar-refractivity contribution in [2.75, 3.05) is 18.4 Å². The van der Waals surface area contributed by atoms with Gasteiger partial charge in [0.05, 0.1) is 11.5 Å².